The summed E-state index contributed by atoms with van der Waals surface area (Å²) in [7, 11) is 0. The van der Waals surface area contributed by atoms with Crippen molar-refractivity contribution in [2.75, 3.05) is 33.0 Å². The van der Waals surface area contributed by atoms with Gasteiger partial charge in [-0.05, 0) is 68.3 Å². The van der Waals surface area contributed by atoms with E-state index in [1.54, 1.807) is 17.4 Å². The third-order valence-corrected chi connectivity index (χ3v) is 19.0. The first-order valence-corrected chi connectivity index (χ1v) is 32.2. The maximum atomic E-state index is 12.4. The number of nitrogens with zero attached hydrogens (tertiary/aromatic N) is 15. The molecule has 0 saturated carbocycles. The van der Waals surface area contributed by atoms with Crippen molar-refractivity contribution in [3.63, 3.8) is 0 Å². The van der Waals surface area contributed by atoms with Crippen molar-refractivity contribution >= 4 is 218 Å². The molecule has 0 spiro atoms. The van der Waals surface area contributed by atoms with E-state index in [1.807, 2.05) is 13.0 Å². The van der Waals surface area contributed by atoms with Crippen LogP contribution in [0.5, 0.6) is 0 Å². The van der Waals surface area contributed by atoms with Crippen LogP contribution in [0.1, 0.15) is 75.5 Å². The SMILES string of the molecule is Brc1cc(C2OCCO2)sc1Br.C.[C-]#N.[C-]#[N+]CC.[C-]#[N+]c1cc(/C=C(/C(=O)O)C(F)(F)F)sc1[N+]#[C-].[C-]#[N+]c1cc(/C=C(\C#N)C(=O)O)sc1[N+]#[C-].[C-]#[N+]c1cc(C2OCCO2)sc1[N+]#[C-].[C-]#[N+]c1cc(C=O)sc1[N+]#[C-].[C-]#[N+]c1cc(C=O)sc1[N+]#[C-].[C-]#[N+]c1cc(C=O)sc1[N+]#[C-].[Cu+]. The van der Waals surface area contributed by atoms with Gasteiger partial charge in [-0.15, -0.1) is 11.3 Å². The van der Waals surface area contributed by atoms with E-state index in [-0.39, 0.29) is 80.4 Å². The zero-order valence-electron chi connectivity index (χ0n) is 49.4. The number of aldehydes is 3. The van der Waals surface area contributed by atoms with Crippen LogP contribution in [0.2, 0.25) is 0 Å². The Hall–Kier alpha value is -11.2. The molecule has 39 heteroatoms. The number of ether oxygens (including phenoxy) is 4. The van der Waals surface area contributed by atoms with Crippen LogP contribution in [0.4, 0.5) is 77.3 Å². The zero-order chi connectivity index (χ0) is 74.8. The Bertz CT molecular complexity index is 4430. The molecule has 2 N–H and O–H groups in total. The van der Waals surface area contributed by atoms with Gasteiger partial charge in [-0.2, -0.15) is 86.5 Å². The van der Waals surface area contributed by atoms with Crippen LogP contribution in [-0.2, 0) is 45.6 Å². The molecule has 101 heavy (non-hydrogen) atoms. The Morgan fingerprint density at radius 3 is 1.00 bits per heavy atom. The molecule has 26 nitrogen and oxygen atoms in total. The average Bonchev–Trinajstić information content (AvgIpc) is 1.82. The number of carboxylic acid groups (broad SMARTS) is 2. The van der Waals surface area contributed by atoms with Gasteiger partial charge < -0.3 is 45.8 Å². The summed E-state index contributed by atoms with van der Waals surface area (Å²) in [5.41, 5.74) is -0.876. The van der Waals surface area contributed by atoms with Gasteiger partial charge >= 0.3 is 35.2 Å². The van der Waals surface area contributed by atoms with Crippen LogP contribution in [0, 0.1) is 109 Å². The van der Waals surface area contributed by atoms with Gasteiger partial charge in [0.15, 0.2) is 31.4 Å². The topological polar surface area (TPSA) is 267 Å². The molecule has 7 aromatic heterocycles. The summed E-state index contributed by atoms with van der Waals surface area (Å²) in [4.78, 5) is 95.5. The summed E-state index contributed by atoms with van der Waals surface area (Å²) < 4.78 is 60.5. The standard InChI is InChI=1S/C10H3F3N2O2S.C10H3N3O2S.C9H6N2O2S.C7H6Br2O2S.3C7H2N2OS.C3H5N.CN.CH4.Cu/c1-14-7-4-5(18-8(7)15-2)3-6(9(16)17)10(11,12)13;1-12-8-4-7(16-9(8)13-2)3-6(5-11)10(14)15;1-10-6-5-7(14-8(6)11-2)9-12-3-4-13-9;8-4-3-5(12-6(4)9)7-10-1-2-11-7;3*1-8-6-3-5(4-10)11-7(6)9-2;1-3-4-2;1-2;;/h3-4H,(H,16,17);3-4H,(H,14,15);5,9H,3-4H2;3,7H,1-2H2;3*3-4H;3H2,1H3;;1H4;/q;;;;;;;;-1;;+1/b6-3-;6-3+;;;;;;;;;. The predicted molar refractivity (Wildman–Crippen MR) is 378 cm³/mol. The molecule has 0 bridgehead atoms. The molecule has 2 aliphatic rings. The molecule has 2 aliphatic heterocycles. The number of alkyl halides is 3. The van der Waals surface area contributed by atoms with Crippen molar-refractivity contribution in [1.29, 1.82) is 10.5 Å². The van der Waals surface area contributed by atoms with Crippen LogP contribution < -0.4 is 0 Å². The number of carbonyl (C=O) groups excluding carboxylic acids is 3. The van der Waals surface area contributed by atoms with E-state index in [4.69, 9.17) is 132 Å². The number of aliphatic carboxylic acids is 2. The van der Waals surface area contributed by atoms with E-state index < -0.39 is 29.3 Å². The largest absolute Gasteiger partial charge is 1.00 e. The summed E-state index contributed by atoms with van der Waals surface area (Å²) in [5, 5.41) is 33.3. The molecule has 7 aromatic rings. The van der Waals surface area contributed by atoms with Crippen LogP contribution in [-0.4, -0.2) is 80.2 Å². The van der Waals surface area contributed by atoms with Crippen molar-refractivity contribution in [2.45, 2.75) is 33.1 Å². The Kier molecular flexibility index (Phi) is 44.9. The molecular formula is C62H33Br2CuF3N15O11S7. The minimum atomic E-state index is -4.99. The van der Waals surface area contributed by atoms with Gasteiger partial charge in [0, 0.05) is 40.7 Å². The van der Waals surface area contributed by atoms with Gasteiger partial charge in [-0.3, -0.25) is 14.4 Å². The first-order valence-electron chi connectivity index (χ1n) is 24.9. The molecule has 0 atom stereocenters. The van der Waals surface area contributed by atoms with Crippen LogP contribution in [0.15, 0.2) is 61.9 Å². The van der Waals surface area contributed by atoms with E-state index in [0.717, 1.165) is 75.5 Å². The van der Waals surface area contributed by atoms with Gasteiger partial charge in [0.05, 0.1) is 114 Å². The first-order chi connectivity index (χ1) is 47.4. The maximum absolute atomic E-state index is 12.4. The minimum Gasteiger partial charge on any atom is -0.512 e. The summed E-state index contributed by atoms with van der Waals surface area (Å²) in [5.74, 6) is -3.44. The van der Waals surface area contributed by atoms with E-state index >= 15 is 0 Å². The molecule has 0 unspecified atom stereocenters. The fourth-order valence-electron chi connectivity index (χ4n) is 5.95. The van der Waals surface area contributed by atoms with E-state index in [9.17, 15) is 37.1 Å². The average molecular weight is 1670 g/mol. The zero-order valence-corrected chi connectivity index (χ0v) is 59.3. The number of carboxylic acids is 2. The molecule has 9 heterocycles. The van der Waals surface area contributed by atoms with Gasteiger partial charge in [0.1, 0.15) is 17.2 Å². The third kappa shape index (κ3) is 29.8. The van der Waals surface area contributed by atoms with E-state index in [0.29, 0.717) is 114 Å². The normalized spacial score (nSPS) is 11.1. The Morgan fingerprint density at radius 1 is 0.505 bits per heavy atom. The van der Waals surface area contributed by atoms with Gasteiger partial charge in [0.2, 0.25) is 70.7 Å². The molecule has 0 radical (unpaired) electrons. The molecule has 2 fully saturated rings. The number of hydrogen-bond donors (Lipinski definition) is 2. The van der Waals surface area contributed by atoms with Crippen molar-refractivity contribution < 1.29 is 83.4 Å². The van der Waals surface area contributed by atoms with Crippen molar-refractivity contribution in [3.05, 3.63) is 251 Å². The molecule has 510 valence electrons. The Balaban J connectivity index is 0. The van der Waals surface area contributed by atoms with Crippen molar-refractivity contribution in [3.8, 4) is 6.07 Å². The number of halogens is 5. The number of thiophene rings is 7. The third-order valence-electron chi connectivity index (χ3n) is 9.95. The number of carbonyl (C=O) groups is 5. The van der Waals surface area contributed by atoms with Gasteiger partial charge in [0.25, 0.3) is 0 Å². The maximum Gasteiger partial charge on any atom is 1.00 e. The number of rotatable bonds is 9. The number of hydrogen-bond acceptors (Lipinski definition) is 18. The van der Waals surface area contributed by atoms with E-state index in [2.05, 4.69) is 94.8 Å². The summed E-state index contributed by atoms with van der Waals surface area (Å²) in [6, 6.07) is 11.9. The molecule has 0 aliphatic carbocycles. The number of nitriles is 1. The van der Waals surface area contributed by atoms with E-state index in [1.165, 1.54) is 41.7 Å². The Morgan fingerprint density at radius 2 is 0.782 bits per heavy atom. The van der Waals surface area contributed by atoms with Crippen LogP contribution in [0.3, 0.4) is 0 Å². The molecule has 2 saturated heterocycles. The second-order valence-electron chi connectivity index (χ2n) is 16.0. The first kappa shape index (κ1) is 91.8. The van der Waals surface area contributed by atoms with Crippen LogP contribution >= 0.6 is 111 Å². The Labute approximate surface area is 630 Å². The molecule has 0 aromatic carbocycles. The summed E-state index contributed by atoms with van der Waals surface area (Å²) >= 11 is 14.5. The minimum absolute atomic E-state index is 0. The van der Waals surface area contributed by atoms with Gasteiger partial charge in [-0.25, -0.2) is 74.3 Å². The van der Waals surface area contributed by atoms with Crippen LogP contribution in [0.25, 0.3) is 75.1 Å². The molecule has 9 rings (SSSR count). The summed E-state index contributed by atoms with van der Waals surface area (Å²) in [6.07, 6.45) is -2.02. The molecule has 0 amide bonds. The fourth-order valence-corrected chi connectivity index (χ4v) is 12.7. The quantitative estimate of drug-likeness (QED) is 0.0448. The summed E-state index contributed by atoms with van der Waals surface area (Å²) in [6.45, 7) is 96.5. The van der Waals surface area contributed by atoms with Crippen molar-refractivity contribution in [1.82, 2.24) is 0 Å². The fraction of sp³-hybridized carbons (Fsp3) is 0.161. The molecular weight excluding hydrogens is 1640 g/mol. The van der Waals surface area contributed by atoms with Crippen molar-refractivity contribution in [2.24, 2.45) is 0 Å². The predicted octanol–water partition coefficient (Wildman–Crippen LogP) is 22.6. The second-order valence-corrected chi connectivity index (χ2v) is 25.6. The smallest absolute Gasteiger partial charge is 0.512 e. The van der Waals surface area contributed by atoms with Gasteiger partial charge in [-0.1, -0.05) is 25.6 Å². The second kappa shape index (κ2) is 49.3. The monoisotopic (exact) mass is 1660 g/mol.